The fraction of sp³-hybridized carbons (Fsp3) is 0.0476. The molecule has 1 aromatic heterocycles. The highest BCUT2D eigenvalue weighted by atomic mass is 32.1. The normalized spacial score (nSPS) is 15.0. The van der Waals surface area contributed by atoms with Crippen LogP contribution in [0.1, 0.15) is 18.1 Å². The zero-order chi connectivity index (χ0) is 19.7. The fourth-order valence-electron chi connectivity index (χ4n) is 2.79. The van der Waals surface area contributed by atoms with Crippen molar-refractivity contribution in [3.63, 3.8) is 0 Å². The van der Waals surface area contributed by atoms with Crippen molar-refractivity contribution in [3.8, 4) is 17.3 Å². The molecule has 5 nitrogen and oxygen atoms in total. The Hall–Kier alpha value is -3.63. The topological polar surface area (TPSA) is 69.3 Å². The molecule has 4 rings (SSSR count). The summed E-state index contributed by atoms with van der Waals surface area (Å²) in [5, 5.41) is 16.5. The molecule has 28 heavy (non-hydrogen) atoms. The van der Waals surface area contributed by atoms with E-state index in [9.17, 15) is 9.18 Å². The van der Waals surface area contributed by atoms with E-state index in [0.717, 1.165) is 5.56 Å². The number of hydrogen-bond acceptors (Lipinski definition) is 5. The first-order valence-electron chi connectivity index (χ1n) is 8.39. The van der Waals surface area contributed by atoms with Crippen LogP contribution in [0, 0.1) is 17.1 Å². The molecule has 2 heterocycles. The zero-order valence-electron chi connectivity index (χ0n) is 14.8. The second-order valence-corrected chi connectivity index (χ2v) is 6.93. The number of nitriles is 1. The Morgan fingerprint density at radius 3 is 2.64 bits per heavy atom. The van der Waals surface area contributed by atoms with Gasteiger partial charge >= 0.3 is 0 Å². The first kappa shape index (κ1) is 17.8. The SMILES string of the molecule is CC1=NN(c2nc(-c3ccccc3F)cs2)C(=O)/C1=C/c1ccc(C#N)cc1. The number of amides is 1. The van der Waals surface area contributed by atoms with Gasteiger partial charge in [-0.2, -0.15) is 15.4 Å². The zero-order valence-corrected chi connectivity index (χ0v) is 15.6. The number of hydrazone groups is 1. The van der Waals surface area contributed by atoms with Crippen molar-refractivity contribution in [2.24, 2.45) is 5.10 Å². The minimum absolute atomic E-state index is 0.295. The lowest BCUT2D eigenvalue weighted by molar-refractivity contribution is -0.114. The molecule has 0 aliphatic carbocycles. The summed E-state index contributed by atoms with van der Waals surface area (Å²) in [6.07, 6.45) is 1.73. The van der Waals surface area contributed by atoms with Crippen molar-refractivity contribution in [3.05, 3.63) is 76.4 Å². The van der Waals surface area contributed by atoms with Crippen molar-refractivity contribution >= 4 is 34.2 Å². The van der Waals surface area contributed by atoms with Gasteiger partial charge in [-0.25, -0.2) is 9.37 Å². The third-order valence-electron chi connectivity index (χ3n) is 4.24. The Kier molecular flexibility index (Phi) is 4.55. The summed E-state index contributed by atoms with van der Waals surface area (Å²) in [5.41, 5.74) is 3.21. The molecule has 1 aliphatic heterocycles. The van der Waals surface area contributed by atoms with Crippen LogP contribution in [0.4, 0.5) is 9.52 Å². The standard InChI is InChI=1S/C21H13FN4OS/c1-13-17(10-14-6-8-15(11-23)9-7-14)20(27)26(25-13)21-24-19(12-28-21)16-4-2-3-5-18(16)22/h2-10,12H,1H3/b17-10+. The first-order chi connectivity index (χ1) is 13.6. The van der Waals surface area contributed by atoms with E-state index >= 15 is 0 Å². The summed E-state index contributed by atoms with van der Waals surface area (Å²) in [7, 11) is 0. The first-order valence-corrected chi connectivity index (χ1v) is 9.27. The summed E-state index contributed by atoms with van der Waals surface area (Å²) in [5.74, 6) is -0.663. The molecule has 3 aromatic rings. The Balaban J connectivity index is 1.63. The lowest BCUT2D eigenvalue weighted by atomic mass is 10.1. The largest absolute Gasteiger partial charge is 0.282 e. The highest BCUT2D eigenvalue weighted by molar-refractivity contribution is 7.14. The highest BCUT2D eigenvalue weighted by Gasteiger charge is 2.30. The predicted molar refractivity (Wildman–Crippen MR) is 107 cm³/mol. The Labute approximate surface area is 164 Å². The molecule has 1 amide bonds. The molecule has 0 unspecified atom stereocenters. The number of rotatable bonds is 3. The van der Waals surface area contributed by atoms with E-state index in [4.69, 9.17) is 5.26 Å². The number of thiazole rings is 1. The third-order valence-corrected chi connectivity index (χ3v) is 5.05. The van der Waals surface area contributed by atoms with Crippen LogP contribution in [0.15, 0.2) is 64.6 Å². The molecule has 0 N–H and O–H groups in total. The molecule has 0 radical (unpaired) electrons. The molecule has 0 fully saturated rings. The number of hydrogen-bond donors (Lipinski definition) is 0. The highest BCUT2D eigenvalue weighted by Crippen LogP contribution is 2.32. The predicted octanol–water partition coefficient (Wildman–Crippen LogP) is 4.63. The number of anilines is 1. The van der Waals surface area contributed by atoms with Crippen LogP contribution in [0.25, 0.3) is 17.3 Å². The molecule has 0 saturated heterocycles. The maximum absolute atomic E-state index is 14.0. The monoisotopic (exact) mass is 388 g/mol. The average Bonchev–Trinajstić information content (AvgIpc) is 3.29. The maximum atomic E-state index is 14.0. The molecule has 2 aromatic carbocycles. The van der Waals surface area contributed by atoms with E-state index in [-0.39, 0.29) is 11.7 Å². The quantitative estimate of drug-likeness (QED) is 0.615. The molecule has 0 saturated carbocycles. The molecule has 0 bridgehead atoms. The van der Waals surface area contributed by atoms with Crippen LogP contribution in [-0.4, -0.2) is 16.6 Å². The van der Waals surface area contributed by atoms with Crippen LogP contribution >= 0.6 is 11.3 Å². The summed E-state index contributed by atoms with van der Waals surface area (Å²) in [6, 6.07) is 15.4. The molecule has 0 spiro atoms. The van der Waals surface area contributed by atoms with Gasteiger partial charge in [-0.15, -0.1) is 11.3 Å². The van der Waals surface area contributed by atoms with Crippen LogP contribution < -0.4 is 5.01 Å². The third kappa shape index (κ3) is 3.21. The summed E-state index contributed by atoms with van der Waals surface area (Å²) >= 11 is 1.23. The Bertz CT molecular complexity index is 1170. The number of carbonyl (C=O) groups excluding carboxylic acids is 1. The van der Waals surface area contributed by atoms with Gasteiger partial charge in [-0.1, -0.05) is 24.3 Å². The number of carbonyl (C=O) groups is 1. The Morgan fingerprint density at radius 2 is 1.93 bits per heavy atom. The summed E-state index contributed by atoms with van der Waals surface area (Å²) in [4.78, 5) is 17.2. The van der Waals surface area contributed by atoms with Gasteiger partial charge in [0.25, 0.3) is 5.91 Å². The molecule has 7 heteroatoms. The van der Waals surface area contributed by atoms with Crippen molar-refractivity contribution in [2.45, 2.75) is 6.92 Å². The molecular formula is C21H13FN4OS. The van der Waals surface area contributed by atoms with E-state index in [1.807, 2.05) is 0 Å². The van der Waals surface area contributed by atoms with Crippen LogP contribution in [-0.2, 0) is 4.79 Å². The second-order valence-electron chi connectivity index (χ2n) is 6.09. The van der Waals surface area contributed by atoms with E-state index in [2.05, 4.69) is 16.2 Å². The fourth-order valence-corrected chi connectivity index (χ4v) is 3.56. The van der Waals surface area contributed by atoms with Crippen molar-refractivity contribution < 1.29 is 9.18 Å². The number of aromatic nitrogens is 1. The smallest absolute Gasteiger partial charge is 0.267 e. The minimum Gasteiger partial charge on any atom is -0.267 e. The van der Waals surface area contributed by atoms with Crippen LogP contribution in [0.5, 0.6) is 0 Å². The second kappa shape index (κ2) is 7.18. The summed E-state index contributed by atoms with van der Waals surface area (Å²) < 4.78 is 14.0. The van der Waals surface area contributed by atoms with Crippen LogP contribution in [0.3, 0.4) is 0 Å². The number of benzene rings is 2. The van der Waals surface area contributed by atoms with E-state index in [1.165, 1.54) is 22.4 Å². The van der Waals surface area contributed by atoms with Gasteiger partial charge in [-0.05, 0) is 42.8 Å². The van der Waals surface area contributed by atoms with E-state index in [1.54, 1.807) is 60.8 Å². The van der Waals surface area contributed by atoms with Gasteiger partial charge in [0.15, 0.2) is 0 Å². The van der Waals surface area contributed by atoms with E-state index < -0.39 is 0 Å². The van der Waals surface area contributed by atoms with Crippen molar-refractivity contribution in [1.82, 2.24) is 4.98 Å². The number of nitrogens with zero attached hydrogens (tertiary/aromatic N) is 4. The molecular weight excluding hydrogens is 375 g/mol. The van der Waals surface area contributed by atoms with Crippen LogP contribution in [0.2, 0.25) is 0 Å². The molecule has 1 aliphatic rings. The van der Waals surface area contributed by atoms with Gasteiger partial charge < -0.3 is 0 Å². The summed E-state index contributed by atoms with van der Waals surface area (Å²) in [6.45, 7) is 1.75. The Morgan fingerprint density at radius 1 is 1.18 bits per heavy atom. The van der Waals surface area contributed by atoms with Gasteiger partial charge in [0, 0.05) is 10.9 Å². The average molecular weight is 388 g/mol. The van der Waals surface area contributed by atoms with Gasteiger partial charge in [0.1, 0.15) is 5.82 Å². The maximum Gasteiger partial charge on any atom is 0.282 e. The van der Waals surface area contributed by atoms with E-state index in [0.29, 0.717) is 33.2 Å². The van der Waals surface area contributed by atoms with Gasteiger partial charge in [-0.3, -0.25) is 4.79 Å². The lowest BCUT2D eigenvalue weighted by Crippen LogP contribution is -2.21. The number of halogens is 1. The lowest BCUT2D eigenvalue weighted by Gasteiger charge is -2.07. The minimum atomic E-state index is -0.367. The van der Waals surface area contributed by atoms with Crippen molar-refractivity contribution in [1.29, 1.82) is 5.26 Å². The van der Waals surface area contributed by atoms with Gasteiger partial charge in [0.2, 0.25) is 5.13 Å². The molecule has 0 atom stereocenters. The van der Waals surface area contributed by atoms with Crippen molar-refractivity contribution in [2.75, 3.05) is 5.01 Å². The molecule has 136 valence electrons. The van der Waals surface area contributed by atoms with Gasteiger partial charge in [0.05, 0.1) is 28.6 Å².